The number of methoxy groups -OCH3 is 1. The van der Waals surface area contributed by atoms with Gasteiger partial charge in [0.1, 0.15) is 5.75 Å². The molecule has 0 radical (unpaired) electrons. The first-order chi connectivity index (χ1) is 11.0. The summed E-state index contributed by atoms with van der Waals surface area (Å²) in [5.74, 6) is -0.167. The van der Waals surface area contributed by atoms with Crippen LogP contribution in [0, 0.1) is 0 Å². The lowest BCUT2D eigenvalue weighted by molar-refractivity contribution is 0.0600. The number of esters is 1. The molecule has 2 rings (SSSR count). The molecule has 23 heavy (non-hydrogen) atoms. The maximum atomic E-state index is 12.5. The Bertz CT molecular complexity index is 802. The zero-order valence-electron chi connectivity index (χ0n) is 12.8. The molecule has 0 bridgehead atoms. The third-order valence-electron chi connectivity index (χ3n) is 3.00. The van der Waals surface area contributed by atoms with E-state index in [2.05, 4.69) is 9.46 Å². The van der Waals surface area contributed by atoms with E-state index in [4.69, 9.17) is 4.74 Å². The third-order valence-corrected chi connectivity index (χ3v) is 4.36. The van der Waals surface area contributed by atoms with Gasteiger partial charge in [0.15, 0.2) is 0 Å². The molecule has 7 heteroatoms. The van der Waals surface area contributed by atoms with Crippen LogP contribution in [0.3, 0.4) is 0 Å². The fraction of sp³-hybridized carbons (Fsp3) is 0.188. The second-order valence-corrected chi connectivity index (χ2v) is 6.24. The van der Waals surface area contributed by atoms with Crippen LogP contribution in [0.5, 0.6) is 5.75 Å². The van der Waals surface area contributed by atoms with Crippen LogP contribution < -0.4 is 9.46 Å². The van der Waals surface area contributed by atoms with Crippen molar-refractivity contribution >= 4 is 21.7 Å². The van der Waals surface area contributed by atoms with Crippen LogP contribution in [0.25, 0.3) is 0 Å². The van der Waals surface area contributed by atoms with E-state index in [9.17, 15) is 13.2 Å². The first kappa shape index (κ1) is 16.8. The summed E-state index contributed by atoms with van der Waals surface area (Å²) in [7, 11) is -2.62. The van der Waals surface area contributed by atoms with Gasteiger partial charge in [-0.3, -0.25) is 4.72 Å². The number of hydrogen-bond donors (Lipinski definition) is 1. The van der Waals surface area contributed by atoms with E-state index < -0.39 is 16.0 Å². The molecule has 6 nitrogen and oxygen atoms in total. The Balaban J connectivity index is 2.35. The predicted molar refractivity (Wildman–Crippen MR) is 86.2 cm³/mol. The van der Waals surface area contributed by atoms with E-state index >= 15 is 0 Å². The second kappa shape index (κ2) is 7.15. The second-order valence-electron chi connectivity index (χ2n) is 4.55. The quantitative estimate of drug-likeness (QED) is 0.821. The van der Waals surface area contributed by atoms with E-state index in [1.54, 1.807) is 24.3 Å². The van der Waals surface area contributed by atoms with E-state index in [-0.39, 0.29) is 10.5 Å². The molecular weight excluding hydrogens is 318 g/mol. The lowest BCUT2D eigenvalue weighted by atomic mass is 10.2. The van der Waals surface area contributed by atoms with Crippen LogP contribution in [0.1, 0.15) is 17.3 Å². The lowest BCUT2D eigenvalue weighted by Crippen LogP contribution is -2.14. The fourth-order valence-corrected chi connectivity index (χ4v) is 3.06. The molecule has 0 heterocycles. The molecule has 2 aromatic carbocycles. The summed E-state index contributed by atoms with van der Waals surface area (Å²) < 4.78 is 37.5. The number of ether oxygens (including phenoxy) is 2. The Morgan fingerprint density at radius 1 is 1.13 bits per heavy atom. The monoisotopic (exact) mass is 335 g/mol. The summed E-state index contributed by atoms with van der Waals surface area (Å²) in [5.41, 5.74) is 0.492. The zero-order chi connectivity index (χ0) is 16.9. The average Bonchev–Trinajstić information content (AvgIpc) is 2.56. The van der Waals surface area contributed by atoms with Gasteiger partial charge in [-0.25, -0.2) is 13.2 Å². The number of hydrogen-bond acceptors (Lipinski definition) is 5. The fourth-order valence-electron chi connectivity index (χ4n) is 1.94. The van der Waals surface area contributed by atoms with Gasteiger partial charge in [0.05, 0.1) is 29.9 Å². The SMILES string of the molecule is CCOc1ccccc1NS(=O)(=O)c1cccc(C(=O)OC)c1. The van der Waals surface area contributed by atoms with E-state index in [0.29, 0.717) is 18.0 Å². The minimum absolute atomic E-state index is 0.0355. The van der Waals surface area contributed by atoms with Crippen molar-refractivity contribution in [2.45, 2.75) is 11.8 Å². The first-order valence-corrected chi connectivity index (χ1v) is 8.39. The molecule has 0 aliphatic rings. The van der Waals surface area contributed by atoms with Crippen molar-refractivity contribution in [3.8, 4) is 5.75 Å². The van der Waals surface area contributed by atoms with E-state index in [1.165, 1.54) is 31.4 Å². The Kier molecular flexibility index (Phi) is 5.23. The Labute approximate surface area is 135 Å². The van der Waals surface area contributed by atoms with Crippen LogP contribution in [0.4, 0.5) is 5.69 Å². The van der Waals surface area contributed by atoms with Gasteiger partial charge in [0, 0.05) is 0 Å². The number of anilines is 1. The number of carbonyl (C=O) groups is 1. The summed E-state index contributed by atoms with van der Waals surface area (Å²) in [6.45, 7) is 2.22. The molecule has 0 atom stereocenters. The average molecular weight is 335 g/mol. The minimum atomic E-state index is -3.86. The minimum Gasteiger partial charge on any atom is -0.492 e. The van der Waals surface area contributed by atoms with Gasteiger partial charge in [-0.1, -0.05) is 18.2 Å². The summed E-state index contributed by atoms with van der Waals surface area (Å²) in [6.07, 6.45) is 0. The highest BCUT2D eigenvalue weighted by Gasteiger charge is 2.18. The number of carbonyl (C=O) groups excluding carboxylic acids is 1. The predicted octanol–water partition coefficient (Wildman–Crippen LogP) is 2.67. The number of nitrogens with one attached hydrogen (secondary N) is 1. The molecule has 2 aromatic rings. The summed E-state index contributed by atoms with van der Waals surface area (Å²) in [5, 5.41) is 0. The van der Waals surface area contributed by atoms with Gasteiger partial charge in [-0.2, -0.15) is 0 Å². The van der Waals surface area contributed by atoms with Crippen molar-refractivity contribution in [3.63, 3.8) is 0 Å². The molecule has 0 aliphatic heterocycles. The summed E-state index contributed by atoms with van der Waals surface area (Å²) in [6, 6.07) is 12.4. The molecule has 0 unspecified atom stereocenters. The highest BCUT2D eigenvalue weighted by molar-refractivity contribution is 7.92. The molecule has 0 aromatic heterocycles. The summed E-state index contributed by atoms with van der Waals surface area (Å²) >= 11 is 0. The molecule has 0 spiro atoms. The van der Waals surface area contributed by atoms with Crippen LogP contribution in [0.2, 0.25) is 0 Å². The maximum Gasteiger partial charge on any atom is 0.337 e. The van der Waals surface area contributed by atoms with Gasteiger partial charge >= 0.3 is 5.97 Å². The Hall–Kier alpha value is -2.54. The molecule has 122 valence electrons. The molecule has 1 N–H and O–H groups in total. The van der Waals surface area contributed by atoms with Gasteiger partial charge < -0.3 is 9.47 Å². The van der Waals surface area contributed by atoms with Crippen molar-refractivity contribution in [3.05, 3.63) is 54.1 Å². The Morgan fingerprint density at radius 2 is 1.87 bits per heavy atom. The van der Waals surface area contributed by atoms with Gasteiger partial charge in [-0.05, 0) is 37.3 Å². The normalized spacial score (nSPS) is 10.9. The smallest absolute Gasteiger partial charge is 0.337 e. The topological polar surface area (TPSA) is 81.7 Å². The lowest BCUT2D eigenvalue weighted by Gasteiger charge is -2.13. The van der Waals surface area contributed by atoms with Crippen LogP contribution >= 0.6 is 0 Å². The van der Waals surface area contributed by atoms with Gasteiger partial charge in [0.25, 0.3) is 10.0 Å². The van der Waals surface area contributed by atoms with Crippen LogP contribution in [0.15, 0.2) is 53.4 Å². The van der Waals surface area contributed by atoms with Crippen molar-refractivity contribution < 1.29 is 22.7 Å². The van der Waals surface area contributed by atoms with Gasteiger partial charge in [-0.15, -0.1) is 0 Å². The van der Waals surface area contributed by atoms with Crippen LogP contribution in [-0.2, 0) is 14.8 Å². The van der Waals surface area contributed by atoms with Crippen LogP contribution in [-0.4, -0.2) is 28.1 Å². The highest BCUT2D eigenvalue weighted by atomic mass is 32.2. The number of rotatable bonds is 6. The number of benzene rings is 2. The van der Waals surface area contributed by atoms with Crippen molar-refractivity contribution in [2.24, 2.45) is 0 Å². The van der Waals surface area contributed by atoms with Gasteiger partial charge in [0.2, 0.25) is 0 Å². The third kappa shape index (κ3) is 4.01. The zero-order valence-corrected chi connectivity index (χ0v) is 13.6. The number of sulfonamides is 1. The molecule has 0 amide bonds. The maximum absolute atomic E-state index is 12.5. The molecular formula is C16H17NO5S. The highest BCUT2D eigenvalue weighted by Crippen LogP contribution is 2.26. The van der Waals surface area contributed by atoms with Crippen molar-refractivity contribution in [2.75, 3.05) is 18.4 Å². The Morgan fingerprint density at radius 3 is 2.57 bits per heavy atom. The molecule has 0 saturated heterocycles. The standard InChI is InChI=1S/C16H17NO5S/c1-3-22-15-10-5-4-9-14(15)17-23(19,20)13-8-6-7-12(11-13)16(18)21-2/h4-11,17H,3H2,1-2H3. The molecule has 0 saturated carbocycles. The molecule has 0 fully saturated rings. The molecule has 0 aliphatic carbocycles. The van der Waals surface area contributed by atoms with Crippen molar-refractivity contribution in [1.82, 2.24) is 0 Å². The van der Waals surface area contributed by atoms with E-state index in [0.717, 1.165) is 0 Å². The number of para-hydroxylation sites is 2. The van der Waals surface area contributed by atoms with Crippen molar-refractivity contribution in [1.29, 1.82) is 0 Å². The summed E-state index contributed by atoms with van der Waals surface area (Å²) in [4.78, 5) is 11.5. The largest absolute Gasteiger partial charge is 0.492 e. The first-order valence-electron chi connectivity index (χ1n) is 6.91. The van der Waals surface area contributed by atoms with E-state index in [1.807, 2.05) is 6.92 Å².